The number of rotatable bonds is 3. The van der Waals surface area contributed by atoms with Crippen LogP contribution in [0.5, 0.6) is 0 Å². The lowest BCUT2D eigenvalue weighted by Crippen LogP contribution is -2.34. The number of hydrogen-bond donors (Lipinski definition) is 0. The van der Waals surface area contributed by atoms with Gasteiger partial charge in [-0.05, 0) is 39.8 Å². The first kappa shape index (κ1) is 15.9. The van der Waals surface area contributed by atoms with Gasteiger partial charge >= 0.3 is 12.1 Å². The summed E-state index contributed by atoms with van der Waals surface area (Å²) in [5, 5.41) is 0. The molecule has 110 valence electrons. The third kappa shape index (κ3) is 4.53. The van der Waals surface area contributed by atoms with E-state index in [1.165, 1.54) is 18.0 Å². The highest BCUT2D eigenvalue weighted by molar-refractivity contribution is 5.90. The van der Waals surface area contributed by atoms with Crippen LogP contribution in [0.15, 0.2) is 18.2 Å². The van der Waals surface area contributed by atoms with E-state index >= 15 is 0 Å². The van der Waals surface area contributed by atoms with Gasteiger partial charge in [0.1, 0.15) is 11.4 Å². The summed E-state index contributed by atoms with van der Waals surface area (Å²) in [4.78, 5) is 28.8. The molecule has 0 fully saturated rings. The number of carbonyl (C=O) groups excluding carboxylic acids is 2. The van der Waals surface area contributed by atoms with Gasteiger partial charge in [-0.15, -0.1) is 0 Å². The third-order valence-electron chi connectivity index (χ3n) is 2.23. The first-order chi connectivity index (χ1) is 9.24. The van der Waals surface area contributed by atoms with E-state index in [0.29, 0.717) is 5.82 Å². The molecule has 1 heterocycles. The smallest absolute Gasteiger partial charge is 0.415 e. The molecule has 0 spiro atoms. The fourth-order valence-electron chi connectivity index (χ4n) is 1.35. The number of amides is 1. The fraction of sp³-hybridized carbons (Fsp3) is 0.500. The highest BCUT2D eigenvalue weighted by Crippen LogP contribution is 2.15. The van der Waals surface area contributed by atoms with Gasteiger partial charge in [0.05, 0.1) is 6.61 Å². The first-order valence-electron chi connectivity index (χ1n) is 6.35. The van der Waals surface area contributed by atoms with Crippen molar-refractivity contribution in [2.45, 2.75) is 33.3 Å². The molecule has 0 atom stereocenters. The van der Waals surface area contributed by atoms with E-state index in [0.717, 1.165) is 0 Å². The quantitative estimate of drug-likeness (QED) is 0.796. The van der Waals surface area contributed by atoms with Crippen LogP contribution in [0.4, 0.5) is 10.6 Å². The first-order valence-corrected chi connectivity index (χ1v) is 6.35. The lowest BCUT2D eigenvalue weighted by Gasteiger charge is -2.24. The molecular weight excluding hydrogens is 260 g/mol. The molecule has 0 bridgehead atoms. The Balaban J connectivity index is 2.88. The predicted octanol–water partition coefficient (Wildman–Crippen LogP) is 2.63. The van der Waals surface area contributed by atoms with Crippen LogP contribution in [0.3, 0.4) is 0 Å². The van der Waals surface area contributed by atoms with Crippen LogP contribution >= 0.6 is 0 Å². The third-order valence-corrected chi connectivity index (χ3v) is 2.23. The van der Waals surface area contributed by atoms with Crippen molar-refractivity contribution in [1.29, 1.82) is 0 Å². The standard InChI is InChI=1S/C14H20N2O4/c1-6-19-12(17)10-8-7-9-11(15-10)16(5)13(18)20-14(2,3)4/h7-9H,6H2,1-5H3. The van der Waals surface area contributed by atoms with Gasteiger partial charge in [0.25, 0.3) is 0 Å². The normalized spacial score (nSPS) is 10.8. The maximum atomic E-state index is 11.9. The summed E-state index contributed by atoms with van der Waals surface area (Å²) in [5.74, 6) is -0.197. The highest BCUT2D eigenvalue weighted by atomic mass is 16.6. The number of anilines is 1. The van der Waals surface area contributed by atoms with Gasteiger partial charge < -0.3 is 9.47 Å². The number of nitrogens with zero attached hydrogens (tertiary/aromatic N) is 2. The molecule has 0 aliphatic heterocycles. The molecule has 0 aromatic carbocycles. The molecule has 1 amide bonds. The molecule has 6 nitrogen and oxygen atoms in total. The van der Waals surface area contributed by atoms with Crippen molar-refractivity contribution in [3.63, 3.8) is 0 Å². The Morgan fingerprint density at radius 1 is 1.30 bits per heavy atom. The monoisotopic (exact) mass is 280 g/mol. The van der Waals surface area contributed by atoms with Gasteiger partial charge in [0, 0.05) is 7.05 Å². The number of ether oxygens (including phenoxy) is 2. The van der Waals surface area contributed by atoms with Gasteiger partial charge in [0.15, 0.2) is 5.69 Å². The van der Waals surface area contributed by atoms with Crippen molar-refractivity contribution in [3.8, 4) is 0 Å². The largest absolute Gasteiger partial charge is 0.461 e. The van der Waals surface area contributed by atoms with Gasteiger partial charge in [-0.3, -0.25) is 4.90 Å². The average Bonchev–Trinajstić information content (AvgIpc) is 2.36. The zero-order chi connectivity index (χ0) is 15.3. The minimum absolute atomic E-state index is 0.153. The van der Waals surface area contributed by atoms with E-state index in [9.17, 15) is 9.59 Å². The Morgan fingerprint density at radius 3 is 2.50 bits per heavy atom. The Morgan fingerprint density at radius 2 is 1.95 bits per heavy atom. The van der Waals surface area contributed by atoms with Gasteiger partial charge in [-0.1, -0.05) is 6.07 Å². The Labute approximate surface area is 118 Å². The highest BCUT2D eigenvalue weighted by Gasteiger charge is 2.22. The molecule has 0 unspecified atom stereocenters. The van der Waals surface area contributed by atoms with Crippen LogP contribution < -0.4 is 4.90 Å². The molecule has 0 N–H and O–H groups in total. The molecule has 1 rings (SSSR count). The number of hydrogen-bond acceptors (Lipinski definition) is 5. The summed E-state index contributed by atoms with van der Waals surface area (Å²) in [5.41, 5.74) is -0.441. The molecule has 0 radical (unpaired) electrons. The van der Waals surface area contributed by atoms with Crippen molar-refractivity contribution in [2.24, 2.45) is 0 Å². The Kier molecular flexibility index (Phi) is 5.07. The zero-order valence-electron chi connectivity index (χ0n) is 12.5. The van der Waals surface area contributed by atoms with Crippen molar-refractivity contribution < 1.29 is 19.1 Å². The second-order valence-corrected chi connectivity index (χ2v) is 5.14. The lowest BCUT2D eigenvalue weighted by atomic mass is 10.2. The number of pyridine rings is 1. The Hall–Kier alpha value is -2.11. The molecule has 20 heavy (non-hydrogen) atoms. The SMILES string of the molecule is CCOC(=O)c1cccc(N(C)C(=O)OC(C)(C)C)n1. The molecule has 0 saturated heterocycles. The lowest BCUT2D eigenvalue weighted by molar-refractivity contribution is 0.0515. The topological polar surface area (TPSA) is 68.7 Å². The molecule has 0 aliphatic carbocycles. The fourth-order valence-corrected chi connectivity index (χ4v) is 1.35. The summed E-state index contributed by atoms with van der Waals surface area (Å²) >= 11 is 0. The number of esters is 1. The second-order valence-electron chi connectivity index (χ2n) is 5.14. The van der Waals surface area contributed by atoms with Crippen molar-refractivity contribution >= 4 is 17.9 Å². The average molecular weight is 280 g/mol. The minimum Gasteiger partial charge on any atom is -0.461 e. The van der Waals surface area contributed by atoms with Crippen molar-refractivity contribution in [2.75, 3.05) is 18.6 Å². The van der Waals surface area contributed by atoms with E-state index in [1.807, 2.05) is 0 Å². The molecular formula is C14H20N2O4. The van der Waals surface area contributed by atoms with Gasteiger partial charge in [0.2, 0.25) is 0 Å². The summed E-state index contributed by atoms with van der Waals surface area (Å²) in [6.45, 7) is 7.32. The van der Waals surface area contributed by atoms with E-state index in [4.69, 9.17) is 9.47 Å². The summed E-state index contributed by atoms with van der Waals surface area (Å²) in [6.07, 6.45) is -0.536. The van der Waals surface area contributed by atoms with Gasteiger partial charge in [-0.25, -0.2) is 14.6 Å². The number of aromatic nitrogens is 1. The maximum absolute atomic E-state index is 11.9. The zero-order valence-corrected chi connectivity index (χ0v) is 12.5. The van der Waals surface area contributed by atoms with E-state index in [1.54, 1.807) is 39.8 Å². The van der Waals surface area contributed by atoms with E-state index in [-0.39, 0.29) is 12.3 Å². The summed E-state index contributed by atoms with van der Waals surface area (Å²) in [7, 11) is 1.53. The summed E-state index contributed by atoms with van der Waals surface area (Å²) in [6, 6.07) is 4.78. The Bertz CT molecular complexity index is 494. The van der Waals surface area contributed by atoms with Crippen LogP contribution in [0.1, 0.15) is 38.2 Å². The molecule has 1 aromatic heterocycles. The van der Waals surface area contributed by atoms with Crippen LogP contribution in [0.2, 0.25) is 0 Å². The van der Waals surface area contributed by atoms with Crippen LogP contribution in [0, 0.1) is 0 Å². The second kappa shape index (κ2) is 6.36. The van der Waals surface area contributed by atoms with E-state index < -0.39 is 17.7 Å². The molecule has 0 saturated carbocycles. The minimum atomic E-state index is -0.593. The molecule has 6 heteroatoms. The van der Waals surface area contributed by atoms with Crippen LogP contribution in [-0.2, 0) is 9.47 Å². The van der Waals surface area contributed by atoms with Crippen LogP contribution in [0.25, 0.3) is 0 Å². The summed E-state index contributed by atoms with van der Waals surface area (Å²) < 4.78 is 10.1. The maximum Gasteiger partial charge on any atom is 0.415 e. The van der Waals surface area contributed by atoms with Gasteiger partial charge in [-0.2, -0.15) is 0 Å². The molecule has 0 aliphatic rings. The van der Waals surface area contributed by atoms with Crippen molar-refractivity contribution in [1.82, 2.24) is 4.98 Å². The van der Waals surface area contributed by atoms with E-state index in [2.05, 4.69) is 4.98 Å². The predicted molar refractivity (Wildman–Crippen MR) is 74.8 cm³/mol. The molecule has 1 aromatic rings. The van der Waals surface area contributed by atoms with Crippen molar-refractivity contribution in [3.05, 3.63) is 23.9 Å². The van der Waals surface area contributed by atoms with Crippen LogP contribution in [-0.4, -0.2) is 36.3 Å². The number of carbonyl (C=O) groups is 2.